The average Bonchev–Trinajstić information content (AvgIpc) is 3.03. The van der Waals surface area contributed by atoms with Crippen molar-refractivity contribution >= 4 is 23.8 Å². The van der Waals surface area contributed by atoms with Crippen molar-refractivity contribution in [2.75, 3.05) is 11.9 Å². The van der Waals surface area contributed by atoms with Crippen LogP contribution >= 0.6 is 0 Å². The standard InChI is InChI=1S/C36H39N3O6/c1-36(2,3)45-35(43)39(23-26-14-7-4-8-15-26)24-31(40)29-20-13-21-30(22-29)37-33(41)32(28-18-11-6-12-19-28)38-34(42)44-25-27-16-9-5-10-17-27/h4-22,31-32,40H,23-25H2,1-3H3,(H,37,41)(H,38,42)/t31-,32+/m1/s1. The van der Waals surface area contributed by atoms with Crippen LogP contribution in [0, 0.1) is 0 Å². The molecule has 3 amide bonds. The fraction of sp³-hybridized carbons (Fsp3) is 0.250. The molecule has 0 aromatic heterocycles. The second-order valence-corrected chi connectivity index (χ2v) is 11.5. The fourth-order valence-electron chi connectivity index (χ4n) is 4.51. The van der Waals surface area contributed by atoms with Gasteiger partial charge in [0.1, 0.15) is 18.2 Å². The zero-order valence-electron chi connectivity index (χ0n) is 25.7. The molecule has 0 fully saturated rings. The lowest BCUT2D eigenvalue weighted by molar-refractivity contribution is -0.118. The van der Waals surface area contributed by atoms with E-state index < -0.39 is 35.8 Å². The minimum Gasteiger partial charge on any atom is -0.445 e. The molecule has 4 aromatic rings. The quantitative estimate of drug-likeness (QED) is 0.173. The lowest BCUT2D eigenvalue weighted by atomic mass is 10.1. The van der Waals surface area contributed by atoms with Gasteiger partial charge >= 0.3 is 12.2 Å². The van der Waals surface area contributed by atoms with Gasteiger partial charge in [0.05, 0.1) is 12.6 Å². The number of amides is 3. The molecule has 0 aliphatic rings. The number of alkyl carbamates (subject to hydrolysis) is 1. The van der Waals surface area contributed by atoms with Gasteiger partial charge in [-0.2, -0.15) is 0 Å². The molecular weight excluding hydrogens is 570 g/mol. The van der Waals surface area contributed by atoms with Gasteiger partial charge in [-0.1, -0.05) is 103 Å². The number of hydrogen-bond acceptors (Lipinski definition) is 6. The first-order valence-electron chi connectivity index (χ1n) is 14.7. The number of benzene rings is 4. The maximum absolute atomic E-state index is 13.5. The Morgan fingerprint density at radius 1 is 0.778 bits per heavy atom. The molecule has 0 saturated heterocycles. The van der Waals surface area contributed by atoms with E-state index in [0.29, 0.717) is 16.8 Å². The summed E-state index contributed by atoms with van der Waals surface area (Å²) in [5.41, 5.74) is 2.45. The third-order valence-corrected chi connectivity index (χ3v) is 6.67. The van der Waals surface area contributed by atoms with Crippen molar-refractivity contribution < 1.29 is 29.0 Å². The van der Waals surface area contributed by atoms with Crippen LogP contribution in [0.1, 0.15) is 55.2 Å². The number of carbonyl (C=O) groups excluding carboxylic acids is 3. The Kier molecular flexibility index (Phi) is 11.3. The Bertz CT molecular complexity index is 1540. The van der Waals surface area contributed by atoms with Gasteiger partial charge in [0, 0.05) is 12.2 Å². The van der Waals surface area contributed by atoms with E-state index >= 15 is 0 Å². The molecule has 0 spiro atoms. The summed E-state index contributed by atoms with van der Waals surface area (Å²) in [7, 11) is 0. The number of anilines is 1. The van der Waals surface area contributed by atoms with E-state index in [1.54, 1.807) is 69.3 Å². The van der Waals surface area contributed by atoms with Crippen molar-refractivity contribution in [1.82, 2.24) is 10.2 Å². The SMILES string of the molecule is CC(C)(C)OC(=O)N(Cc1ccccc1)C[C@@H](O)c1cccc(NC(=O)[C@@H](NC(=O)OCc2ccccc2)c2ccccc2)c1. The lowest BCUT2D eigenvalue weighted by Crippen LogP contribution is -2.38. The van der Waals surface area contributed by atoms with Crippen LogP contribution in [0.2, 0.25) is 0 Å². The molecule has 0 aliphatic carbocycles. The van der Waals surface area contributed by atoms with Crippen molar-refractivity contribution in [2.45, 2.75) is 51.7 Å². The second-order valence-electron chi connectivity index (χ2n) is 11.5. The van der Waals surface area contributed by atoms with Gasteiger partial charge in [-0.25, -0.2) is 9.59 Å². The Morgan fingerprint density at radius 2 is 1.36 bits per heavy atom. The lowest BCUT2D eigenvalue weighted by Gasteiger charge is -2.29. The number of hydrogen-bond donors (Lipinski definition) is 3. The highest BCUT2D eigenvalue weighted by atomic mass is 16.6. The summed E-state index contributed by atoms with van der Waals surface area (Å²) in [4.78, 5) is 40.7. The van der Waals surface area contributed by atoms with Gasteiger partial charge in [0.25, 0.3) is 5.91 Å². The molecule has 0 radical (unpaired) electrons. The van der Waals surface area contributed by atoms with Crippen molar-refractivity contribution in [2.24, 2.45) is 0 Å². The van der Waals surface area contributed by atoms with Crippen LogP contribution in [0.15, 0.2) is 115 Å². The molecule has 2 atom stereocenters. The Balaban J connectivity index is 1.46. The van der Waals surface area contributed by atoms with Gasteiger partial charge < -0.3 is 30.1 Å². The minimum atomic E-state index is -1.07. The number of carbonyl (C=O) groups is 3. The zero-order valence-corrected chi connectivity index (χ0v) is 25.7. The largest absolute Gasteiger partial charge is 0.445 e. The molecule has 4 rings (SSSR count). The van der Waals surface area contributed by atoms with Gasteiger partial charge in [0.2, 0.25) is 0 Å². The van der Waals surface area contributed by atoms with E-state index in [2.05, 4.69) is 10.6 Å². The van der Waals surface area contributed by atoms with Crippen LogP contribution in [0.5, 0.6) is 0 Å². The summed E-state index contributed by atoms with van der Waals surface area (Å²) in [5.74, 6) is -0.496. The molecule has 0 saturated carbocycles. The second kappa shape index (κ2) is 15.5. The predicted molar refractivity (Wildman–Crippen MR) is 172 cm³/mol. The normalized spacial score (nSPS) is 12.4. The van der Waals surface area contributed by atoms with Crippen molar-refractivity contribution in [1.29, 1.82) is 0 Å². The fourth-order valence-corrected chi connectivity index (χ4v) is 4.51. The van der Waals surface area contributed by atoms with Crippen LogP contribution in [-0.4, -0.2) is 40.2 Å². The van der Waals surface area contributed by atoms with E-state index in [-0.39, 0.29) is 19.7 Å². The number of nitrogens with zero attached hydrogens (tertiary/aromatic N) is 1. The molecule has 4 aromatic carbocycles. The summed E-state index contributed by atoms with van der Waals surface area (Å²) < 4.78 is 11.0. The Morgan fingerprint density at radius 3 is 1.98 bits per heavy atom. The van der Waals surface area contributed by atoms with Gasteiger partial charge in [-0.05, 0) is 55.2 Å². The molecule has 0 unspecified atom stereocenters. The third kappa shape index (κ3) is 10.5. The maximum atomic E-state index is 13.5. The number of aliphatic hydroxyl groups is 1. The van der Waals surface area contributed by atoms with Crippen LogP contribution in [0.3, 0.4) is 0 Å². The topological polar surface area (TPSA) is 117 Å². The number of ether oxygens (including phenoxy) is 2. The van der Waals surface area contributed by atoms with Gasteiger partial charge in [-0.15, -0.1) is 0 Å². The van der Waals surface area contributed by atoms with Crippen molar-refractivity contribution in [3.05, 3.63) is 138 Å². The first-order chi connectivity index (χ1) is 21.6. The summed E-state index contributed by atoms with van der Waals surface area (Å²) in [6.45, 7) is 5.62. The summed E-state index contributed by atoms with van der Waals surface area (Å²) in [5, 5.41) is 16.7. The zero-order chi connectivity index (χ0) is 32.2. The van der Waals surface area contributed by atoms with E-state index in [1.165, 1.54) is 4.90 Å². The molecule has 234 valence electrons. The minimum absolute atomic E-state index is 0.0390. The highest BCUT2D eigenvalue weighted by Crippen LogP contribution is 2.23. The highest BCUT2D eigenvalue weighted by molar-refractivity contribution is 5.97. The van der Waals surface area contributed by atoms with E-state index in [0.717, 1.165) is 11.1 Å². The molecule has 0 bridgehead atoms. The monoisotopic (exact) mass is 609 g/mol. The smallest absolute Gasteiger partial charge is 0.410 e. The van der Waals surface area contributed by atoms with Crippen LogP contribution < -0.4 is 10.6 Å². The van der Waals surface area contributed by atoms with Crippen LogP contribution in [0.4, 0.5) is 15.3 Å². The average molecular weight is 610 g/mol. The molecule has 9 nitrogen and oxygen atoms in total. The van der Waals surface area contributed by atoms with Crippen molar-refractivity contribution in [3.63, 3.8) is 0 Å². The molecule has 0 heterocycles. The first kappa shape index (κ1) is 32.8. The number of aliphatic hydroxyl groups excluding tert-OH is 1. The number of nitrogens with one attached hydrogen (secondary N) is 2. The van der Waals surface area contributed by atoms with E-state index in [1.807, 2.05) is 66.7 Å². The number of rotatable bonds is 11. The van der Waals surface area contributed by atoms with Gasteiger partial charge in [-0.3, -0.25) is 4.79 Å². The highest BCUT2D eigenvalue weighted by Gasteiger charge is 2.26. The molecule has 9 heteroatoms. The Hall–Kier alpha value is -5.15. The molecular formula is C36H39N3O6. The summed E-state index contributed by atoms with van der Waals surface area (Å²) >= 11 is 0. The molecule has 45 heavy (non-hydrogen) atoms. The van der Waals surface area contributed by atoms with E-state index in [4.69, 9.17) is 9.47 Å². The first-order valence-corrected chi connectivity index (χ1v) is 14.7. The molecule has 3 N–H and O–H groups in total. The Labute approximate surface area is 263 Å². The van der Waals surface area contributed by atoms with Crippen LogP contribution in [0.25, 0.3) is 0 Å². The maximum Gasteiger partial charge on any atom is 0.410 e. The van der Waals surface area contributed by atoms with Gasteiger partial charge in [0.15, 0.2) is 0 Å². The third-order valence-electron chi connectivity index (χ3n) is 6.67. The van der Waals surface area contributed by atoms with Crippen LogP contribution in [-0.2, 0) is 27.4 Å². The molecule has 0 aliphatic heterocycles. The predicted octanol–water partition coefficient (Wildman–Crippen LogP) is 6.76. The van der Waals surface area contributed by atoms with E-state index in [9.17, 15) is 19.5 Å². The van der Waals surface area contributed by atoms with Crippen molar-refractivity contribution in [3.8, 4) is 0 Å². The summed E-state index contributed by atoms with van der Waals surface area (Å²) in [6, 6.07) is 33.2. The summed E-state index contributed by atoms with van der Waals surface area (Å²) in [6.07, 6.45) is -2.37.